The molecule has 3 rings (SSSR count). The minimum atomic E-state index is 0.0342. The lowest BCUT2D eigenvalue weighted by molar-refractivity contribution is -0.115. The van der Waals surface area contributed by atoms with E-state index in [1.54, 1.807) is 42.3 Å². The first-order valence-electron chi connectivity index (χ1n) is 6.01. The fourth-order valence-electron chi connectivity index (χ4n) is 2.15. The van der Waals surface area contributed by atoms with Crippen molar-refractivity contribution in [2.24, 2.45) is 0 Å². The Morgan fingerprint density at radius 2 is 2.25 bits per heavy atom. The summed E-state index contributed by atoms with van der Waals surface area (Å²) in [5.41, 5.74) is 0.809. The third kappa shape index (κ3) is 2.41. The van der Waals surface area contributed by atoms with Crippen molar-refractivity contribution in [3.63, 3.8) is 0 Å². The maximum atomic E-state index is 12.2. The lowest BCUT2D eigenvalue weighted by Crippen LogP contribution is -2.27. The molecule has 0 N–H and O–H groups in total. The number of carbonyl (C=O) groups is 1. The van der Waals surface area contributed by atoms with Gasteiger partial charge in [-0.1, -0.05) is 17.7 Å². The normalized spacial score (nSPS) is 18.6. The van der Waals surface area contributed by atoms with Crippen molar-refractivity contribution in [1.29, 1.82) is 0 Å². The Balaban J connectivity index is 1.98. The van der Waals surface area contributed by atoms with Gasteiger partial charge in [0.1, 0.15) is 11.1 Å². The van der Waals surface area contributed by atoms with E-state index < -0.39 is 0 Å². The first kappa shape index (κ1) is 13.8. The monoisotopic (exact) mass is 325 g/mol. The van der Waals surface area contributed by atoms with Crippen molar-refractivity contribution in [2.45, 2.75) is 5.37 Å². The summed E-state index contributed by atoms with van der Waals surface area (Å²) in [4.78, 5) is 15.2. The van der Waals surface area contributed by atoms with Crippen LogP contribution in [0.5, 0.6) is 5.75 Å². The fourth-order valence-corrected chi connectivity index (χ4v) is 4.54. The zero-order chi connectivity index (χ0) is 14.1. The Hall–Kier alpha value is -1.17. The van der Waals surface area contributed by atoms with Crippen LogP contribution < -0.4 is 9.64 Å². The van der Waals surface area contributed by atoms with Gasteiger partial charge in [0.2, 0.25) is 5.91 Å². The van der Waals surface area contributed by atoms with Crippen LogP contribution in [0.4, 0.5) is 5.69 Å². The van der Waals surface area contributed by atoms with Gasteiger partial charge in [-0.15, -0.1) is 23.1 Å². The highest BCUT2D eigenvalue weighted by atomic mass is 35.5. The number of hydrogen-bond acceptors (Lipinski definition) is 4. The highest BCUT2D eigenvalue weighted by Crippen LogP contribution is 2.44. The lowest BCUT2D eigenvalue weighted by atomic mass is 10.2. The van der Waals surface area contributed by atoms with Gasteiger partial charge in [0.05, 0.1) is 17.9 Å². The molecule has 1 saturated heterocycles. The summed E-state index contributed by atoms with van der Waals surface area (Å²) in [7, 11) is 1.58. The Morgan fingerprint density at radius 1 is 1.40 bits per heavy atom. The van der Waals surface area contributed by atoms with E-state index >= 15 is 0 Å². The molecular weight excluding hydrogens is 314 g/mol. The van der Waals surface area contributed by atoms with Gasteiger partial charge in [-0.25, -0.2) is 0 Å². The van der Waals surface area contributed by atoms with Crippen LogP contribution in [0.1, 0.15) is 10.3 Å². The van der Waals surface area contributed by atoms with Gasteiger partial charge in [-0.05, 0) is 29.6 Å². The van der Waals surface area contributed by atoms with Gasteiger partial charge in [0.25, 0.3) is 0 Å². The number of ether oxygens (including phenoxy) is 1. The number of nitrogens with zero attached hydrogens (tertiary/aromatic N) is 1. The molecule has 20 heavy (non-hydrogen) atoms. The molecule has 6 heteroatoms. The molecule has 0 spiro atoms. The second-order valence-electron chi connectivity index (χ2n) is 4.26. The van der Waals surface area contributed by atoms with Crippen molar-refractivity contribution in [3.05, 3.63) is 45.6 Å². The number of benzene rings is 1. The van der Waals surface area contributed by atoms with Crippen molar-refractivity contribution >= 4 is 46.3 Å². The van der Waals surface area contributed by atoms with Crippen LogP contribution in [0, 0.1) is 0 Å². The number of methoxy groups -OCH3 is 1. The van der Waals surface area contributed by atoms with Crippen molar-refractivity contribution in [3.8, 4) is 5.75 Å². The maximum absolute atomic E-state index is 12.2. The Morgan fingerprint density at radius 3 is 2.90 bits per heavy atom. The van der Waals surface area contributed by atoms with Gasteiger partial charge >= 0.3 is 0 Å². The van der Waals surface area contributed by atoms with Gasteiger partial charge in [-0.2, -0.15) is 0 Å². The van der Waals surface area contributed by atoms with E-state index in [0.29, 0.717) is 16.5 Å². The molecule has 1 atom stereocenters. The molecule has 104 valence electrons. The largest absolute Gasteiger partial charge is 0.495 e. The van der Waals surface area contributed by atoms with Crippen LogP contribution in [-0.4, -0.2) is 18.8 Å². The quantitative estimate of drug-likeness (QED) is 0.847. The molecule has 2 aromatic rings. The number of carbonyl (C=O) groups excluding carboxylic acids is 1. The molecule has 1 aromatic carbocycles. The summed E-state index contributed by atoms with van der Waals surface area (Å²) in [6.07, 6.45) is 0. The van der Waals surface area contributed by atoms with E-state index in [1.165, 1.54) is 4.88 Å². The first-order chi connectivity index (χ1) is 9.70. The van der Waals surface area contributed by atoms with Crippen molar-refractivity contribution in [1.82, 2.24) is 0 Å². The molecule has 0 saturated carbocycles. The molecule has 0 aliphatic carbocycles. The predicted octanol–water partition coefficient (Wildman–Crippen LogP) is 4.19. The van der Waals surface area contributed by atoms with Crippen LogP contribution in [0.15, 0.2) is 35.7 Å². The summed E-state index contributed by atoms with van der Waals surface area (Å²) < 4.78 is 5.15. The maximum Gasteiger partial charge on any atom is 0.238 e. The molecule has 1 aliphatic heterocycles. The van der Waals surface area contributed by atoms with E-state index in [2.05, 4.69) is 6.07 Å². The minimum absolute atomic E-state index is 0.0342. The van der Waals surface area contributed by atoms with Gasteiger partial charge in [0.15, 0.2) is 0 Å². The van der Waals surface area contributed by atoms with E-state index in [0.717, 1.165) is 5.69 Å². The Kier molecular flexibility index (Phi) is 3.92. The Labute approximate surface area is 130 Å². The zero-order valence-electron chi connectivity index (χ0n) is 10.7. The molecule has 3 nitrogen and oxygen atoms in total. The second kappa shape index (κ2) is 5.68. The van der Waals surface area contributed by atoms with Gasteiger partial charge < -0.3 is 4.74 Å². The summed E-state index contributed by atoms with van der Waals surface area (Å²) >= 11 is 9.46. The standard InChI is InChI=1S/C14H12ClNO2S2/c1-18-11-5-4-9(7-10(11)15)16-13(17)8-20-14(16)12-3-2-6-19-12/h2-7,14H,8H2,1H3. The summed E-state index contributed by atoms with van der Waals surface area (Å²) in [5.74, 6) is 1.21. The van der Waals surface area contributed by atoms with Crippen LogP contribution in [-0.2, 0) is 4.79 Å². The Bertz CT molecular complexity index is 630. The second-order valence-corrected chi connectivity index (χ2v) is 6.72. The van der Waals surface area contributed by atoms with E-state index in [1.807, 2.05) is 22.4 Å². The minimum Gasteiger partial charge on any atom is -0.495 e. The van der Waals surface area contributed by atoms with Crippen LogP contribution in [0.3, 0.4) is 0 Å². The molecule has 0 bridgehead atoms. The van der Waals surface area contributed by atoms with E-state index in [4.69, 9.17) is 16.3 Å². The average molecular weight is 326 g/mol. The molecule has 1 aromatic heterocycles. The van der Waals surface area contributed by atoms with Gasteiger partial charge in [-0.3, -0.25) is 9.69 Å². The van der Waals surface area contributed by atoms with Crippen LogP contribution in [0.2, 0.25) is 5.02 Å². The summed E-state index contributed by atoms with van der Waals surface area (Å²) in [6, 6.07) is 9.50. The van der Waals surface area contributed by atoms with Crippen molar-refractivity contribution < 1.29 is 9.53 Å². The average Bonchev–Trinajstić information content (AvgIpc) is 3.07. The zero-order valence-corrected chi connectivity index (χ0v) is 13.1. The number of amides is 1. The number of halogens is 1. The predicted molar refractivity (Wildman–Crippen MR) is 85.0 cm³/mol. The third-order valence-corrected chi connectivity index (χ3v) is 5.63. The molecule has 2 heterocycles. The summed E-state index contributed by atoms with van der Waals surface area (Å²) in [5, 5.41) is 2.57. The molecular formula is C14H12ClNO2S2. The molecule has 1 amide bonds. The molecule has 0 radical (unpaired) electrons. The molecule has 1 aliphatic rings. The van der Waals surface area contributed by atoms with E-state index in [-0.39, 0.29) is 11.3 Å². The summed E-state index contributed by atoms with van der Waals surface area (Å²) in [6.45, 7) is 0. The smallest absolute Gasteiger partial charge is 0.238 e. The highest BCUT2D eigenvalue weighted by molar-refractivity contribution is 8.01. The number of thiophene rings is 1. The molecule has 1 fully saturated rings. The van der Waals surface area contributed by atoms with Gasteiger partial charge in [0, 0.05) is 10.6 Å². The number of thioether (sulfide) groups is 1. The SMILES string of the molecule is COc1ccc(N2C(=O)CSC2c2cccs2)cc1Cl. The van der Waals surface area contributed by atoms with Crippen LogP contribution in [0.25, 0.3) is 0 Å². The first-order valence-corrected chi connectivity index (χ1v) is 8.32. The number of rotatable bonds is 3. The third-order valence-electron chi connectivity index (χ3n) is 3.07. The lowest BCUT2D eigenvalue weighted by Gasteiger charge is -2.23. The number of anilines is 1. The highest BCUT2D eigenvalue weighted by Gasteiger charge is 2.34. The fraction of sp³-hybridized carbons (Fsp3) is 0.214. The molecule has 1 unspecified atom stereocenters. The number of hydrogen-bond donors (Lipinski definition) is 0. The van der Waals surface area contributed by atoms with E-state index in [9.17, 15) is 4.79 Å². The van der Waals surface area contributed by atoms with Crippen LogP contribution >= 0.6 is 34.7 Å². The topological polar surface area (TPSA) is 29.5 Å². The van der Waals surface area contributed by atoms with Crippen molar-refractivity contribution in [2.75, 3.05) is 17.8 Å².